The predicted molar refractivity (Wildman–Crippen MR) is 101 cm³/mol. The van der Waals surface area contributed by atoms with Crippen molar-refractivity contribution < 1.29 is 9.53 Å². The van der Waals surface area contributed by atoms with Crippen molar-refractivity contribution in [1.82, 2.24) is 9.88 Å². The van der Waals surface area contributed by atoms with Crippen LogP contribution in [0, 0.1) is 6.92 Å². The van der Waals surface area contributed by atoms with E-state index in [-0.39, 0.29) is 12.0 Å². The van der Waals surface area contributed by atoms with E-state index >= 15 is 0 Å². The number of aromatic nitrogens is 1. The highest BCUT2D eigenvalue weighted by atomic mass is 16.5. The Kier molecular flexibility index (Phi) is 4.40. The van der Waals surface area contributed by atoms with Gasteiger partial charge in [-0.3, -0.25) is 4.79 Å². The number of ether oxygens (including phenoxy) is 1. The number of pyridine rings is 1. The number of aryl methyl sites for hydroxylation is 1. The van der Waals surface area contributed by atoms with Crippen molar-refractivity contribution in [3.05, 3.63) is 84.1 Å². The summed E-state index contributed by atoms with van der Waals surface area (Å²) >= 11 is 0. The van der Waals surface area contributed by atoms with Crippen molar-refractivity contribution in [3.63, 3.8) is 0 Å². The SMILES string of the molecule is Cc1cccc(OC2CN(C(=O)c3ccc(-c4ccccc4)cc3)C2)n1. The molecule has 1 aromatic heterocycles. The fraction of sp³-hybridized carbons (Fsp3) is 0.182. The van der Waals surface area contributed by atoms with Gasteiger partial charge in [0.25, 0.3) is 5.91 Å². The quantitative estimate of drug-likeness (QED) is 0.719. The maximum Gasteiger partial charge on any atom is 0.254 e. The lowest BCUT2D eigenvalue weighted by atomic mass is 10.0. The summed E-state index contributed by atoms with van der Waals surface area (Å²) < 4.78 is 5.82. The van der Waals surface area contributed by atoms with E-state index < -0.39 is 0 Å². The molecule has 1 aliphatic heterocycles. The van der Waals surface area contributed by atoms with E-state index in [1.807, 2.05) is 67.6 Å². The third-order valence-electron chi connectivity index (χ3n) is 4.52. The molecule has 4 nitrogen and oxygen atoms in total. The number of hydrogen-bond donors (Lipinski definition) is 0. The van der Waals surface area contributed by atoms with Crippen LogP contribution in [0.2, 0.25) is 0 Å². The number of nitrogens with zero attached hydrogens (tertiary/aromatic N) is 2. The molecule has 1 saturated heterocycles. The first-order chi connectivity index (χ1) is 12.7. The lowest BCUT2D eigenvalue weighted by Gasteiger charge is -2.38. The molecule has 1 aliphatic rings. The summed E-state index contributed by atoms with van der Waals surface area (Å²) in [5.74, 6) is 0.663. The molecule has 0 N–H and O–H groups in total. The smallest absolute Gasteiger partial charge is 0.254 e. The van der Waals surface area contributed by atoms with Crippen LogP contribution in [0.25, 0.3) is 11.1 Å². The Balaban J connectivity index is 1.36. The van der Waals surface area contributed by atoms with E-state index in [0.29, 0.717) is 24.5 Å². The molecule has 0 spiro atoms. The van der Waals surface area contributed by atoms with Crippen molar-refractivity contribution in [2.45, 2.75) is 13.0 Å². The summed E-state index contributed by atoms with van der Waals surface area (Å²) in [6.45, 7) is 3.12. The molecule has 0 aliphatic carbocycles. The molecule has 130 valence electrons. The van der Waals surface area contributed by atoms with Gasteiger partial charge in [-0.1, -0.05) is 48.5 Å². The van der Waals surface area contributed by atoms with Gasteiger partial charge in [-0.25, -0.2) is 4.98 Å². The Morgan fingerprint density at radius 3 is 2.31 bits per heavy atom. The zero-order chi connectivity index (χ0) is 17.9. The van der Waals surface area contributed by atoms with Crippen LogP contribution in [-0.4, -0.2) is 35.0 Å². The number of hydrogen-bond acceptors (Lipinski definition) is 3. The van der Waals surface area contributed by atoms with E-state index in [1.165, 1.54) is 0 Å². The van der Waals surface area contributed by atoms with E-state index in [2.05, 4.69) is 17.1 Å². The van der Waals surface area contributed by atoms with Crippen molar-refractivity contribution in [1.29, 1.82) is 0 Å². The van der Waals surface area contributed by atoms with E-state index in [1.54, 1.807) is 4.90 Å². The number of amides is 1. The highest BCUT2D eigenvalue weighted by Gasteiger charge is 2.33. The van der Waals surface area contributed by atoms with Crippen molar-refractivity contribution >= 4 is 5.91 Å². The molecule has 4 rings (SSSR count). The van der Waals surface area contributed by atoms with Gasteiger partial charge in [-0.05, 0) is 36.2 Å². The second-order valence-electron chi connectivity index (χ2n) is 6.51. The first-order valence-corrected chi connectivity index (χ1v) is 8.74. The highest BCUT2D eigenvalue weighted by molar-refractivity contribution is 5.95. The Hall–Kier alpha value is -3.14. The molecule has 0 saturated carbocycles. The minimum atomic E-state index is 0.0110. The molecule has 0 bridgehead atoms. The summed E-state index contributed by atoms with van der Waals surface area (Å²) in [4.78, 5) is 18.7. The first-order valence-electron chi connectivity index (χ1n) is 8.74. The average molecular weight is 344 g/mol. The number of rotatable bonds is 4. The molecule has 4 heteroatoms. The van der Waals surface area contributed by atoms with E-state index in [4.69, 9.17) is 4.74 Å². The molecular weight excluding hydrogens is 324 g/mol. The predicted octanol–water partition coefficient (Wildman–Crippen LogP) is 3.96. The highest BCUT2D eigenvalue weighted by Crippen LogP contribution is 2.22. The third-order valence-corrected chi connectivity index (χ3v) is 4.52. The van der Waals surface area contributed by atoms with Crippen molar-refractivity contribution in [2.75, 3.05) is 13.1 Å². The molecule has 0 atom stereocenters. The molecule has 26 heavy (non-hydrogen) atoms. The van der Waals surface area contributed by atoms with Gasteiger partial charge < -0.3 is 9.64 Å². The largest absolute Gasteiger partial charge is 0.471 e. The minimum Gasteiger partial charge on any atom is -0.471 e. The van der Waals surface area contributed by atoms with Gasteiger partial charge in [0.2, 0.25) is 5.88 Å². The van der Waals surface area contributed by atoms with Gasteiger partial charge in [0.05, 0.1) is 13.1 Å². The fourth-order valence-corrected chi connectivity index (χ4v) is 3.05. The van der Waals surface area contributed by atoms with Crippen molar-refractivity contribution in [3.8, 4) is 17.0 Å². The van der Waals surface area contributed by atoms with Crippen LogP contribution in [0.3, 0.4) is 0 Å². The van der Waals surface area contributed by atoms with Gasteiger partial charge in [0, 0.05) is 17.3 Å². The topological polar surface area (TPSA) is 42.4 Å². The molecule has 0 unspecified atom stereocenters. The van der Waals surface area contributed by atoms with Crippen molar-refractivity contribution in [2.24, 2.45) is 0 Å². The summed E-state index contributed by atoms with van der Waals surface area (Å²) in [7, 11) is 0. The number of carbonyl (C=O) groups excluding carboxylic acids is 1. The van der Waals surface area contributed by atoms with Crippen LogP contribution in [0.4, 0.5) is 0 Å². The Labute approximate surface area is 153 Å². The first kappa shape index (κ1) is 16.3. The molecule has 2 aromatic carbocycles. The summed E-state index contributed by atoms with van der Waals surface area (Å²) in [5, 5.41) is 0. The second-order valence-corrected chi connectivity index (χ2v) is 6.51. The summed E-state index contributed by atoms with van der Waals surface area (Å²) in [5.41, 5.74) is 3.89. The Morgan fingerprint density at radius 2 is 1.62 bits per heavy atom. The molecule has 1 amide bonds. The van der Waals surface area contributed by atoms with Crippen LogP contribution in [-0.2, 0) is 0 Å². The van der Waals surface area contributed by atoms with Crippen LogP contribution in [0.1, 0.15) is 16.1 Å². The van der Waals surface area contributed by atoms with Crippen LogP contribution >= 0.6 is 0 Å². The molecular formula is C22H20N2O2. The molecule has 2 heterocycles. The zero-order valence-corrected chi connectivity index (χ0v) is 14.6. The van der Waals surface area contributed by atoms with Gasteiger partial charge in [0.15, 0.2) is 0 Å². The lowest BCUT2D eigenvalue weighted by Crippen LogP contribution is -2.56. The second kappa shape index (κ2) is 7.00. The van der Waals surface area contributed by atoms with Crippen LogP contribution in [0.5, 0.6) is 5.88 Å². The summed E-state index contributed by atoms with van der Waals surface area (Å²) in [6.07, 6.45) is 0.0110. The van der Waals surface area contributed by atoms with Gasteiger partial charge in [-0.15, -0.1) is 0 Å². The summed E-state index contributed by atoms with van der Waals surface area (Å²) in [6, 6.07) is 23.6. The van der Waals surface area contributed by atoms with Crippen LogP contribution in [0.15, 0.2) is 72.8 Å². The number of carbonyl (C=O) groups is 1. The fourth-order valence-electron chi connectivity index (χ4n) is 3.05. The Bertz CT molecular complexity index is 901. The van der Waals surface area contributed by atoms with Gasteiger partial charge >= 0.3 is 0 Å². The molecule has 0 radical (unpaired) electrons. The minimum absolute atomic E-state index is 0.0110. The number of benzene rings is 2. The van der Waals surface area contributed by atoms with Gasteiger partial charge in [-0.2, -0.15) is 0 Å². The molecule has 1 fully saturated rings. The average Bonchev–Trinajstić information content (AvgIpc) is 2.65. The van der Waals surface area contributed by atoms with Crippen LogP contribution < -0.4 is 4.74 Å². The number of likely N-dealkylation sites (tertiary alicyclic amines) is 1. The lowest BCUT2D eigenvalue weighted by molar-refractivity contribution is 0.0159. The Morgan fingerprint density at radius 1 is 0.923 bits per heavy atom. The normalized spacial score (nSPS) is 14.0. The molecule has 3 aromatic rings. The monoisotopic (exact) mass is 344 g/mol. The maximum absolute atomic E-state index is 12.6. The standard InChI is InChI=1S/C22H20N2O2/c1-16-6-5-9-21(23-16)26-20-14-24(15-20)22(25)19-12-10-18(11-13-19)17-7-3-2-4-8-17/h2-13,20H,14-15H2,1H3. The zero-order valence-electron chi connectivity index (χ0n) is 14.6. The maximum atomic E-state index is 12.6. The van der Waals surface area contributed by atoms with Gasteiger partial charge in [0.1, 0.15) is 6.10 Å². The van der Waals surface area contributed by atoms with E-state index in [9.17, 15) is 4.79 Å². The third kappa shape index (κ3) is 3.45. The van der Waals surface area contributed by atoms with E-state index in [0.717, 1.165) is 16.8 Å².